The average molecular weight is 324 g/mol. The monoisotopic (exact) mass is 324 g/mol. The quantitative estimate of drug-likeness (QED) is 0.736. The normalized spacial score (nSPS) is 11.1. The molecule has 1 N–H and O–H groups in total. The number of nitrogens with one attached hydrogen (secondary N) is 1. The van der Waals surface area contributed by atoms with E-state index in [2.05, 4.69) is 24.5 Å². The molecule has 1 aromatic carbocycles. The minimum absolute atomic E-state index is 0.0271. The van der Waals surface area contributed by atoms with Gasteiger partial charge in [-0.1, -0.05) is 32.0 Å². The molecule has 0 aliphatic carbocycles. The summed E-state index contributed by atoms with van der Waals surface area (Å²) in [5.41, 5.74) is 3.45. The first-order chi connectivity index (χ1) is 11.1. The van der Waals surface area contributed by atoms with Crippen LogP contribution in [-0.2, 0) is 0 Å². The Hall–Kier alpha value is -2.20. The number of para-hydroxylation sites is 1. The van der Waals surface area contributed by atoms with Crippen molar-refractivity contribution >= 4 is 28.1 Å². The van der Waals surface area contributed by atoms with Crippen molar-refractivity contribution in [2.45, 2.75) is 20.3 Å². The number of aromatic nitrogens is 1. The third kappa shape index (κ3) is 3.59. The van der Waals surface area contributed by atoms with E-state index in [4.69, 9.17) is 4.98 Å². The summed E-state index contributed by atoms with van der Waals surface area (Å²) in [4.78, 5) is 17.3. The summed E-state index contributed by atoms with van der Waals surface area (Å²) in [5, 5.41) is 8.00. The second-order valence-corrected chi connectivity index (χ2v) is 6.80. The first-order valence-electron chi connectivity index (χ1n) is 7.85. The Morgan fingerprint density at radius 3 is 2.83 bits per heavy atom. The number of pyridine rings is 1. The number of nitrogens with zero attached hydrogens (tertiary/aromatic N) is 1. The summed E-state index contributed by atoms with van der Waals surface area (Å²) in [5.74, 6) is 0.548. The van der Waals surface area contributed by atoms with Crippen LogP contribution < -0.4 is 5.32 Å². The third-order valence-corrected chi connectivity index (χ3v) is 4.47. The number of rotatable bonds is 5. The van der Waals surface area contributed by atoms with Gasteiger partial charge in [0.1, 0.15) is 0 Å². The van der Waals surface area contributed by atoms with Gasteiger partial charge in [-0.05, 0) is 35.9 Å². The van der Waals surface area contributed by atoms with Crippen molar-refractivity contribution in [2.75, 3.05) is 6.54 Å². The van der Waals surface area contributed by atoms with Crippen LogP contribution in [0.3, 0.4) is 0 Å². The second-order valence-electron chi connectivity index (χ2n) is 6.02. The molecule has 0 radical (unpaired) electrons. The molecule has 0 saturated heterocycles. The van der Waals surface area contributed by atoms with Crippen molar-refractivity contribution in [3.8, 4) is 11.3 Å². The number of hydrogen-bond donors (Lipinski definition) is 1. The van der Waals surface area contributed by atoms with Crippen LogP contribution in [0.2, 0.25) is 0 Å². The van der Waals surface area contributed by atoms with E-state index < -0.39 is 0 Å². The maximum Gasteiger partial charge on any atom is 0.252 e. The van der Waals surface area contributed by atoms with Crippen LogP contribution >= 0.6 is 11.3 Å². The number of carbonyl (C=O) groups excluding carboxylic acids is 1. The highest BCUT2D eigenvalue weighted by Crippen LogP contribution is 2.26. The molecule has 3 rings (SSSR count). The maximum absolute atomic E-state index is 12.6. The Bertz CT molecular complexity index is 809. The fraction of sp³-hybridized carbons (Fsp3) is 0.263. The highest BCUT2D eigenvalue weighted by Gasteiger charge is 2.13. The fourth-order valence-electron chi connectivity index (χ4n) is 2.49. The topological polar surface area (TPSA) is 42.0 Å². The molecule has 3 nitrogen and oxygen atoms in total. The van der Waals surface area contributed by atoms with Crippen LogP contribution in [0.15, 0.2) is 47.2 Å². The molecule has 1 amide bonds. The summed E-state index contributed by atoms with van der Waals surface area (Å²) in [6.45, 7) is 5.01. The van der Waals surface area contributed by atoms with E-state index in [9.17, 15) is 4.79 Å². The lowest BCUT2D eigenvalue weighted by Gasteiger charge is -2.11. The van der Waals surface area contributed by atoms with Crippen LogP contribution in [0.5, 0.6) is 0 Å². The number of hydrogen-bond acceptors (Lipinski definition) is 3. The number of benzene rings is 1. The van der Waals surface area contributed by atoms with Crippen LogP contribution in [0.25, 0.3) is 22.2 Å². The van der Waals surface area contributed by atoms with Gasteiger partial charge < -0.3 is 5.32 Å². The van der Waals surface area contributed by atoms with Gasteiger partial charge in [0, 0.05) is 22.9 Å². The standard InChI is InChI=1S/C19H20N2OS/c1-13(2)7-9-20-19(22)16-11-18(14-8-10-23-12-14)21-17-6-4-3-5-15(16)17/h3-6,8,10-13H,7,9H2,1-2H3,(H,20,22). The van der Waals surface area contributed by atoms with Gasteiger partial charge in [0.15, 0.2) is 0 Å². The number of amides is 1. The summed E-state index contributed by atoms with van der Waals surface area (Å²) in [6.07, 6.45) is 0.978. The zero-order valence-corrected chi connectivity index (χ0v) is 14.2. The van der Waals surface area contributed by atoms with Crippen LogP contribution in [0, 0.1) is 5.92 Å². The molecule has 0 aliphatic rings. The largest absolute Gasteiger partial charge is 0.352 e. The Kier molecular flexibility index (Phi) is 4.72. The maximum atomic E-state index is 12.6. The van der Waals surface area contributed by atoms with Gasteiger partial charge in [-0.3, -0.25) is 4.79 Å². The smallest absolute Gasteiger partial charge is 0.252 e. The predicted octanol–water partition coefficient (Wildman–Crippen LogP) is 4.74. The fourth-order valence-corrected chi connectivity index (χ4v) is 3.14. The molecule has 118 valence electrons. The lowest BCUT2D eigenvalue weighted by Crippen LogP contribution is -2.25. The molecule has 23 heavy (non-hydrogen) atoms. The van der Waals surface area contributed by atoms with Gasteiger partial charge >= 0.3 is 0 Å². The Morgan fingerprint density at radius 2 is 2.09 bits per heavy atom. The molecule has 0 spiro atoms. The van der Waals surface area contributed by atoms with Gasteiger partial charge in [-0.25, -0.2) is 4.98 Å². The van der Waals surface area contributed by atoms with Crippen molar-refractivity contribution in [3.63, 3.8) is 0 Å². The van der Waals surface area contributed by atoms with Crippen molar-refractivity contribution in [1.82, 2.24) is 10.3 Å². The zero-order chi connectivity index (χ0) is 16.2. The van der Waals surface area contributed by atoms with E-state index in [1.807, 2.05) is 41.8 Å². The van der Waals surface area contributed by atoms with E-state index in [1.54, 1.807) is 11.3 Å². The molecule has 2 heterocycles. The van der Waals surface area contributed by atoms with Gasteiger partial charge in [0.05, 0.1) is 16.8 Å². The molecule has 0 aliphatic heterocycles. The molecule has 0 unspecified atom stereocenters. The third-order valence-electron chi connectivity index (χ3n) is 3.78. The predicted molar refractivity (Wildman–Crippen MR) is 96.8 cm³/mol. The van der Waals surface area contributed by atoms with Gasteiger partial charge in [-0.2, -0.15) is 11.3 Å². The van der Waals surface area contributed by atoms with Crippen molar-refractivity contribution < 1.29 is 4.79 Å². The van der Waals surface area contributed by atoms with E-state index in [-0.39, 0.29) is 5.91 Å². The molecule has 0 fully saturated rings. The Morgan fingerprint density at radius 1 is 1.26 bits per heavy atom. The molecular formula is C19H20N2OS. The minimum atomic E-state index is -0.0271. The zero-order valence-electron chi connectivity index (χ0n) is 13.4. The van der Waals surface area contributed by atoms with E-state index in [1.165, 1.54) is 0 Å². The Balaban J connectivity index is 1.98. The van der Waals surface area contributed by atoms with Gasteiger partial charge in [-0.15, -0.1) is 0 Å². The summed E-state index contributed by atoms with van der Waals surface area (Å²) < 4.78 is 0. The molecule has 0 atom stereocenters. The SMILES string of the molecule is CC(C)CCNC(=O)c1cc(-c2ccsc2)nc2ccccc12. The lowest BCUT2D eigenvalue weighted by molar-refractivity contribution is 0.0953. The molecule has 3 aromatic rings. The van der Waals surface area contributed by atoms with Crippen LogP contribution in [0.4, 0.5) is 0 Å². The summed E-state index contributed by atoms with van der Waals surface area (Å²) in [6, 6.07) is 11.7. The van der Waals surface area contributed by atoms with E-state index in [0.717, 1.165) is 28.6 Å². The number of fused-ring (bicyclic) bond motifs is 1. The molecular weight excluding hydrogens is 304 g/mol. The van der Waals surface area contributed by atoms with Crippen molar-refractivity contribution in [2.24, 2.45) is 5.92 Å². The molecule has 0 saturated carbocycles. The minimum Gasteiger partial charge on any atom is -0.352 e. The van der Waals surface area contributed by atoms with E-state index >= 15 is 0 Å². The highest BCUT2D eigenvalue weighted by atomic mass is 32.1. The molecule has 4 heteroatoms. The second kappa shape index (κ2) is 6.92. The van der Waals surface area contributed by atoms with Gasteiger partial charge in [0.25, 0.3) is 5.91 Å². The van der Waals surface area contributed by atoms with E-state index in [0.29, 0.717) is 18.0 Å². The number of thiophene rings is 1. The summed E-state index contributed by atoms with van der Waals surface area (Å²) in [7, 11) is 0. The Labute approximate surface area is 140 Å². The van der Waals surface area contributed by atoms with Crippen molar-refractivity contribution in [1.29, 1.82) is 0 Å². The van der Waals surface area contributed by atoms with Crippen molar-refractivity contribution in [3.05, 3.63) is 52.7 Å². The number of carbonyl (C=O) groups is 1. The van der Waals surface area contributed by atoms with Crippen LogP contribution in [-0.4, -0.2) is 17.4 Å². The first-order valence-corrected chi connectivity index (χ1v) is 8.80. The molecule has 0 bridgehead atoms. The highest BCUT2D eigenvalue weighted by molar-refractivity contribution is 7.08. The lowest BCUT2D eigenvalue weighted by atomic mass is 10.0. The van der Waals surface area contributed by atoms with Crippen LogP contribution in [0.1, 0.15) is 30.6 Å². The first kappa shape index (κ1) is 15.7. The molecule has 2 aromatic heterocycles. The average Bonchev–Trinajstić information content (AvgIpc) is 3.07. The van der Waals surface area contributed by atoms with Gasteiger partial charge in [0.2, 0.25) is 0 Å². The summed E-state index contributed by atoms with van der Waals surface area (Å²) >= 11 is 1.63.